The number of pyridine rings is 2. The van der Waals surface area contributed by atoms with E-state index in [-0.39, 0.29) is 31.9 Å². The smallest absolute Gasteiger partial charge is 0.121 e. The molecule has 11 rings (SSSR count). The van der Waals surface area contributed by atoms with E-state index < -0.39 is 14.9 Å². The van der Waals surface area contributed by atoms with E-state index >= 15 is 0 Å². The van der Waals surface area contributed by atoms with Gasteiger partial charge in [0.1, 0.15) is 5.58 Å². The van der Waals surface area contributed by atoms with E-state index in [2.05, 4.69) is 201 Å². The molecule has 0 aliphatic heterocycles. The van der Waals surface area contributed by atoms with E-state index in [1.165, 1.54) is 50.3 Å². The monoisotopic (exact) mass is 1120 g/mol. The molecule has 7 aromatic carbocycles. The zero-order valence-corrected chi connectivity index (χ0v) is 44.8. The molecule has 7 heteroatoms. The van der Waals surface area contributed by atoms with Gasteiger partial charge in [-0.2, -0.15) is 0 Å². The molecule has 71 heavy (non-hydrogen) atoms. The van der Waals surface area contributed by atoms with Crippen LogP contribution in [0.15, 0.2) is 181 Å². The second-order valence-electron chi connectivity index (χ2n) is 19.8. The van der Waals surface area contributed by atoms with Crippen molar-refractivity contribution in [3.63, 3.8) is 0 Å². The SMILES string of the molecule is Cc1cc2c(cn1)nc(-c1[c-]ccc3c1oc1cc(-c4ccc(-c5ccccc5)cc4)ccc13)n2-c1c(C(C)C)cc(-c2ccccc2)cc1C(C)C.[2H]C([2H])([2H])c1c[c-]c(-c2ccc([Si](C)(C)C)cn2)cc1.[Ir]. The number of hydrogen-bond acceptors (Lipinski definition) is 4. The molecule has 355 valence electrons. The Bertz CT molecular complexity index is 3660. The van der Waals surface area contributed by atoms with Gasteiger partial charge in [-0.15, -0.1) is 53.6 Å². The van der Waals surface area contributed by atoms with E-state index in [1.807, 2.05) is 37.5 Å². The van der Waals surface area contributed by atoms with Crippen LogP contribution in [-0.4, -0.2) is 27.6 Å². The molecule has 0 N–H and O–H groups in total. The molecule has 0 saturated heterocycles. The van der Waals surface area contributed by atoms with Crippen LogP contribution in [0.4, 0.5) is 0 Å². The van der Waals surface area contributed by atoms with Crippen molar-refractivity contribution in [2.75, 3.05) is 0 Å². The van der Waals surface area contributed by atoms with Crippen LogP contribution in [0.3, 0.4) is 0 Å². The van der Waals surface area contributed by atoms with Gasteiger partial charge in [0, 0.05) is 47.2 Å². The Hall–Kier alpha value is -7.02. The summed E-state index contributed by atoms with van der Waals surface area (Å²) in [6, 6.07) is 63.0. The number of furan rings is 1. The zero-order valence-electron chi connectivity index (χ0n) is 44.4. The van der Waals surface area contributed by atoms with Gasteiger partial charge in [0.2, 0.25) is 0 Å². The van der Waals surface area contributed by atoms with Crippen LogP contribution >= 0.6 is 0 Å². The molecule has 11 aromatic rings. The number of imidazole rings is 1. The van der Waals surface area contributed by atoms with Gasteiger partial charge in [0.25, 0.3) is 0 Å². The van der Waals surface area contributed by atoms with Crippen molar-refractivity contribution >= 4 is 46.2 Å². The first-order chi connectivity index (χ1) is 35.0. The van der Waals surface area contributed by atoms with Crippen molar-refractivity contribution in [1.82, 2.24) is 19.5 Å². The minimum absolute atomic E-state index is 0. The van der Waals surface area contributed by atoms with E-state index in [4.69, 9.17) is 13.5 Å². The molecule has 0 bridgehead atoms. The maximum absolute atomic E-state index is 7.35. The number of rotatable bonds is 9. The van der Waals surface area contributed by atoms with Gasteiger partial charge in [-0.05, 0) is 98.4 Å². The molecule has 0 fully saturated rings. The van der Waals surface area contributed by atoms with Crippen LogP contribution in [0.2, 0.25) is 19.6 Å². The minimum Gasteiger partial charge on any atom is -0.501 e. The van der Waals surface area contributed by atoms with Crippen LogP contribution in [0.1, 0.15) is 66.0 Å². The Labute approximate surface area is 437 Å². The molecular formula is C64H58IrN4OSi-2. The zero-order chi connectivity index (χ0) is 51.2. The Morgan fingerprint density at radius 3 is 1.85 bits per heavy atom. The third kappa shape index (κ3) is 10.0. The molecule has 0 unspecified atom stereocenters. The number of benzene rings is 7. The molecule has 0 saturated carbocycles. The van der Waals surface area contributed by atoms with Crippen molar-refractivity contribution in [1.29, 1.82) is 0 Å². The number of aryl methyl sites for hydroxylation is 2. The summed E-state index contributed by atoms with van der Waals surface area (Å²) in [6.07, 6.45) is 3.81. The molecule has 5 nitrogen and oxygen atoms in total. The summed E-state index contributed by atoms with van der Waals surface area (Å²) >= 11 is 0. The number of nitrogens with zero attached hydrogens (tertiary/aromatic N) is 4. The van der Waals surface area contributed by atoms with E-state index in [0.717, 1.165) is 72.4 Å². The van der Waals surface area contributed by atoms with E-state index in [0.29, 0.717) is 5.56 Å². The third-order valence-corrected chi connectivity index (χ3v) is 15.1. The standard InChI is InChI=1S/C49H40N3O.C15H18NSi.Ir/c1-30(2)42-26-38(34-15-10-7-11-16-34)27-43(31(3)4)47(42)52-45-25-32(5)50-29-44(45)51-49(52)41-18-12-17-40-39-24-23-37(28-46(39)53-48(40)41)36-21-19-35(20-22-36)33-13-8-6-9-14-33;1-12-5-7-13(8-6-12)15-10-9-14(11-16-15)17(2,3)4;/h6-17,19-31H,1-5H3;5-7,9-11H,1-4H3;/q2*-1;/i;1D3;. The van der Waals surface area contributed by atoms with Crippen LogP contribution in [0.25, 0.3) is 94.7 Å². The van der Waals surface area contributed by atoms with Crippen LogP contribution < -0.4 is 5.19 Å². The Morgan fingerprint density at radius 2 is 1.25 bits per heavy atom. The second kappa shape index (κ2) is 20.4. The Balaban J connectivity index is 0.000000270. The largest absolute Gasteiger partial charge is 0.501 e. The van der Waals surface area contributed by atoms with Crippen molar-refractivity contribution in [3.8, 4) is 61.7 Å². The maximum Gasteiger partial charge on any atom is 0.121 e. The summed E-state index contributed by atoms with van der Waals surface area (Å²) in [5.74, 6) is 1.31. The molecule has 0 amide bonds. The number of aromatic nitrogens is 4. The van der Waals surface area contributed by atoms with Gasteiger partial charge in [0.05, 0.1) is 36.7 Å². The predicted octanol–water partition coefficient (Wildman–Crippen LogP) is 16.7. The van der Waals surface area contributed by atoms with Crippen molar-refractivity contribution in [3.05, 3.63) is 211 Å². The van der Waals surface area contributed by atoms with E-state index in [9.17, 15) is 0 Å². The minimum atomic E-state index is -2.08. The fourth-order valence-electron chi connectivity index (χ4n) is 9.25. The summed E-state index contributed by atoms with van der Waals surface area (Å²) in [6.45, 7) is 15.9. The second-order valence-corrected chi connectivity index (χ2v) is 24.9. The van der Waals surface area contributed by atoms with Crippen molar-refractivity contribution in [2.24, 2.45) is 0 Å². The van der Waals surface area contributed by atoms with Gasteiger partial charge in [-0.25, -0.2) is 0 Å². The molecule has 1 radical (unpaired) electrons. The normalized spacial score (nSPS) is 12.4. The molecule has 0 spiro atoms. The fraction of sp³-hybridized carbons (Fsp3) is 0.172. The Kier molecular flexibility index (Phi) is 12.9. The summed E-state index contributed by atoms with van der Waals surface area (Å²) in [7, 11) is -1.34. The van der Waals surface area contributed by atoms with Crippen LogP contribution in [-0.2, 0) is 20.1 Å². The molecular weight excluding hydrogens is 1060 g/mol. The summed E-state index contributed by atoms with van der Waals surface area (Å²) < 4.78 is 31.2. The molecule has 0 aliphatic rings. The maximum atomic E-state index is 7.35. The quantitative estimate of drug-likeness (QED) is 0.107. The van der Waals surface area contributed by atoms with Gasteiger partial charge in [-0.1, -0.05) is 174 Å². The van der Waals surface area contributed by atoms with Gasteiger partial charge >= 0.3 is 0 Å². The van der Waals surface area contributed by atoms with E-state index in [1.54, 1.807) is 12.1 Å². The fourth-order valence-corrected chi connectivity index (χ4v) is 10.3. The number of fused-ring (bicyclic) bond motifs is 4. The van der Waals surface area contributed by atoms with Crippen LogP contribution in [0, 0.1) is 25.9 Å². The molecule has 4 aromatic heterocycles. The number of hydrogen-bond donors (Lipinski definition) is 0. The Morgan fingerprint density at radius 1 is 0.620 bits per heavy atom. The predicted molar refractivity (Wildman–Crippen MR) is 296 cm³/mol. The van der Waals surface area contributed by atoms with Gasteiger partial charge in [-0.3, -0.25) is 9.97 Å². The van der Waals surface area contributed by atoms with Gasteiger partial charge < -0.3 is 14.0 Å². The summed E-state index contributed by atoms with van der Waals surface area (Å²) in [5, 5.41) is 3.42. The third-order valence-electron chi connectivity index (χ3n) is 13.1. The van der Waals surface area contributed by atoms with Crippen molar-refractivity contribution < 1.29 is 28.6 Å². The average Bonchev–Trinajstić information content (AvgIpc) is 3.97. The summed E-state index contributed by atoms with van der Waals surface area (Å²) in [4.78, 5) is 14.4. The first-order valence-corrected chi connectivity index (χ1v) is 27.6. The summed E-state index contributed by atoms with van der Waals surface area (Å²) in [5.41, 5.74) is 18.0. The molecule has 0 aliphatic carbocycles. The molecule has 0 atom stereocenters. The molecule has 4 heterocycles. The van der Waals surface area contributed by atoms with Crippen LogP contribution in [0.5, 0.6) is 0 Å². The first kappa shape index (κ1) is 45.1. The van der Waals surface area contributed by atoms with Gasteiger partial charge in [0.15, 0.2) is 0 Å². The van der Waals surface area contributed by atoms with Crippen molar-refractivity contribution in [2.45, 2.75) is 72.9 Å². The topological polar surface area (TPSA) is 56.7 Å². The first-order valence-electron chi connectivity index (χ1n) is 25.6. The average molecular weight is 1120 g/mol.